The molecule has 0 spiro atoms. The van der Waals surface area contributed by atoms with Gasteiger partial charge in [0.1, 0.15) is 35.5 Å². The van der Waals surface area contributed by atoms with Crippen molar-refractivity contribution in [2.75, 3.05) is 20.7 Å². The zero-order chi connectivity index (χ0) is 20.8. The maximum atomic E-state index is 13.7. The Balaban J connectivity index is 2.23. The van der Waals surface area contributed by atoms with E-state index in [1.807, 2.05) is 18.9 Å². The number of esters is 1. The lowest BCUT2D eigenvalue weighted by molar-refractivity contribution is 0.0463. The third-order valence-corrected chi connectivity index (χ3v) is 4.09. The van der Waals surface area contributed by atoms with E-state index >= 15 is 0 Å². The minimum absolute atomic E-state index is 0.169. The van der Waals surface area contributed by atoms with Gasteiger partial charge in [0.2, 0.25) is 0 Å². The molecule has 0 saturated carbocycles. The summed E-state index contributed by atoms with van der Waals surface area (Å²) in [5.74, 6) is -3.73. The van der Waals surface area contributed by atoms with Gasteiger partial charge in [-0.2, -0.15) is 0 Å². The van der Waals surface area contributed by atoms with Gasteiger partial charge in [0.15, 0.2) is 0 Å². The molecule has 28 heavy (non-hydrogen) atoms. The predicted octanol–water partition coefficient (Wildman–Crippen LogP) is 4.39. The van der Waals surface area contributed by atoms with Crippen molar-refractivity contribution in [1.82, 2.24) is 4.90 Å². The highest BCUT2D eigenvalue weighted by Crippen LogP contribution is 2.31. The Morgan fingerprint density at radius 1 is 1.18 bits per heavy atom. The molecule has 0 bridgehead atoms. The van der Waals surface area contributed by atoms with Crippen LogP contribution in [-0.2, 0) is 11.3 Å². The molecule has 2 rings (SSSR count). The van der Waals surface area contributed by atoms with E-state index in [1.165, 1.54) is 13.2 Å². The minimum Gasteiger partial charge on any atom is -0.494 e. The van der Waals surface area contributed by atoms with Crippen molar-refractivity contribution < 1.29 is 27.4 Å². The van der Waals surface area contributed by atoms with Crippen LogP contribution in [0.1, 0.15) is 28.4 Å². The summed E-state index contributed by atoms with van der Waals surface area (Å²) in [6.45, 7) is 3.75. The number of carbonyl (C=O) groups is 1. The SMILES string of the molecule is CCN(C)C=Nc1cc(C)c(C(=O)OCc2c(F)cc(F)cc2F)cc1OC. The molecule has 0 saturated heterocycles. The van der Waals surface area contributed by atoms with Crippen molar-refractivity contribution in [1.29, 1.82) is 0 Å². The van der Waals surface area contributed by atoms with Crippen LogP contribution in [0.4, 0.5) is 18.9 Å². The lowest BCUT2D eigenvalue weighted by Gasteiger charge is -2.13. The van der Waals surface area contributed by atoms with Gasteiger partial charge < -0.3 is 14.4 Å². The number of aryl methyl sites for hydroxylation is 1. The van der Waals surface area contributed by atoms with Crippen molar-refractivity contribution in [2.24, 2.45) is 4.99 Å². The second-order valence-corrected chi connectivity index (χ2v) is 6.08. The monoisotopic (exact) mass is 394 g/mol. The summed E-state index contributed by atoms with van der Waals surface area (Å²) < 4.78 is 50.6. The van der Waals surface area contributed by atoms with Crippen molar-refractivity contribution in [3.63, 3.8) is 0 Å². The summed E-state index contributed by atoms with van der Waals surface area (Å²) in [4.78, 5) is 18.6. The molecular weight excluding hydrogens is 373 g/mol. The van der Waals surface area contributed by atoms with E-state index in [1.54, 1.807) is 19.3 Å². The van der Waals surface area contributed by atoms with E-state index in [4.69, 9.17) is 9.47 Å². The number of aliphatic imine (C=N–C) groups is 1. The van der Waals surface area contributed by atoms with Crippen LogP contribution in [0, 0.1) is 24.4 Å². The van der Waals surface area contributed by atoms with E-state index in [2.05, 4.69) is 4.99 Å². The molecule has 0 aliphatic carbocycles. The zero-order valence-corrected chi connectivity index (χ0v) is 16.1. The van der Waals surface area contributed by atoms with Gasteiger partial charge in [0.05, 0.1) is 24.6 Å². The fourth-order valence-corrected chi connectivity index (χ4v) is 2.32. The third kappa shape index (κ3) is 5.03. The molecule has 0 aromatic heterocycles. The highest BCUT2D eigenvalue weighted by Gasteiger charge is 2.18. The molecule has 8 heteroatoms. The average Bonchev–Trinajstić information content (AvgIpc) is 2.64. The first-order chi connectivity index (χ1) is 13.3. The highest BCUT2D eigenvalue weighted by atomic mass is 19.1. The molecule has 0 aliphatic rings. The van der Waals surface area contributed by atoms with Gasteiger partial charge in [0.25, 0.3) is 0 Å². The number of methoxy groups -OCH3 is 1. The summed E-state index contributed by atoms with van der Waals surface area (Å²) in [6.07, 6.45) is 1.63. The quantitative estimate of drug-likeness (QED) is 0.397. The van der Waals surface area contributed by atoms with Crippen LogP contribution in [-0.4, -0.2) is 37.9 Å². The van der Waals surface area contributed by atoms with Crippen molar-refractivity contribution >= 4 is 18.0 Å². The number of halogens is 3. The minimum atomic E-state index is -1.12. The van der Waals surface area contributed by atoms with Crippen LogP contribution in [0.15, 0.2) is 29.3 Å². The van der Waals surface area contributed by atoms with Crippen molar-refractivity contribution in [3.05, 3.63) is 58.4 Å². The maximum absolute atomic E-state index is 13.7. The molecule has 2 aromatic rings. The highest BCUT2D eigenvalue weighted by molar-refractivity contribution is 5.92. The first kappa shape index (κ1) is 21.3. The van der Waals surface area contributed by atoms with E-state index < -0.39 is 35.6 Å². The third-order valence-electron chi connectivity index (χ3n) is 4.09. The second kappa shape index (κ2) is 9.25. The van der Waals surface area contributed by atoms with Gasteiger partial charge >= 0.3 is 5.97 Å². The first-order valence-electron chi connectivity index (χ1n) is 8.50. The Bertz CT molecular complexity index is 878. The van der Waals surface area contributed by atoms with Gasteiger partial charge in [0, 0.05) is 25.7 Å². The molecule has 5 nitrogen and oxygen atoms in total. The number of carbonyl (C=O) groups excluding carboxylic acids is 1. The van der Waals surface area contributed by atoms with Crippen LogP contribution in [0.2, 0.25) is 0 Å². The van der Waals surface area contributed by atoms with Gasteiger partial charge in [-0.05, 0) is 31.5 Å². The molecule has 0 aliphatic heterocycles. The fraction of sp³-hybridized carbons (Fsp3) is 0.300. The number of hydrogen-bond donors (Lipinski definition) is 0. The topological polar surface area (TPSA) is 51.1 Å². The molecule has 0 radical (unpaired) electrons. The summed E-state index contributed by atoms with van der Waals surface area (Å²) in [6, 6.07) is 4.16. The second-order valence-electron chi connectivity index (χ2n) is 6.08. The Labute approximate surface area is 161 Å². The molecule has 0 unspecified atom stereocenters. The standard InChI is InChI=1S/C20H21F3N2O3/c1-5-25(3)11-24-18-6-12(2)14(9-19(18)27-4)20(26)28-10-15-16(22)7-13(21)8-17(15)23/h6-9,11H,5,10H2,1-4H3. The largest absolute Gasteiger partial charge is 0.494 e. The molecular formula is C20H21F3N2O3. The van der Waals surface area contributed by atoms with Crippen LogP contribution >= 0.6 is 0 Å². The van der Waals surface area contributed by atoms with E-state index in [0.717, 1.165) is 6.54 Å². The van der Waals surface area contributed by atoms with Crippen LogP contribution < -0.4 is 4.74 Å². The fourth-order valence-electron chi connectivity index (χ4n) is 2.32. The molecule has 0 N–H and O–H groups in total. The number of rotatable bonds is 7. The molecule has 150 valence electrons. The molecule has 0 atom stereocenters. The molecule has 2 aromatic carbocycles. The Kier molecular flexibility index (Phi) is 7.03. The number of benzene rings is 2. The van der Waals surface area contributed by atoms with Gasteiger partial charge in [-0.1, -0.05) is 0 Å². The van der Waals surface area contributed by atoms with Crippen LogP contribution in [0.5, 0.6) is 5.75 Å². The Morgan fingerprint density at radius 2 is 1.82 bits per heavy atom. The predicted molar refractivity (Wildman–Crippen MR) is 99.6 cm³/mol. The maximum Gasteiger partial charge on any atom is 0.338 e. The zero-order valence-electron chi connectivity index (χ0n) is 16.1. The molecule has 0 amide bonds. The molecule has 0 heterocycles. The van der Waals surface area contributed by atoms with Gasteiger partial charge in [-0.25, -0.2) is 23.0 Å². The Morgan fingerprint density at radius 3 is 2.39 bits per heavy atom. The van der Waals surface area contributed by atoms with Gasteiger partial charge in [-0.3, -0.25) is 0 Å². The summed E-state index contributed by atoms with van der Waals surface area (Å²) in [7, 11) is 3.30. The lowest BCUT2D eigenvalue weighted by atomic mass is 10.1. The summed E-state index contributed by atoms with van der Waals surface area (Å²) >= 11 is 0. The normalized spacial score (nSPS) is 11.0. The van der Waals surface area contributed by atoms with Gasteiger partial charge in [-0.15, -0.1) is 0 Å². The number of nitrogens with zero attached hydrogens (tertiary/aromatic N) is 2. The average molecular weight is 394 g/mol. The molecule has 0 fully saturated rings. The van der Waals surface area contributed by atoms with Crippen LogP contribution in [0.3, 0.4) is 0 Å². The van der Waals surface area contributed by atoms with Crippen LogP contribution in [0.25, 0.3) is 0 Å². The van der Waals surface area contributed by atoms with E-state index in [9.17, 15) is 18.0 Å². The smallest absolute Gasteiger partial charge is 0.338 e. The number of hydrogen-bond acceptors (Lipinski definition) is 4. The van der Waals surface area contributed by atoms with Crippen molar-refractivity contribution in [3.8, 4) is 5.75 Å². The lowest BCUT2D eigenvalue weighted by Crippen LogP contribution is -2.14. The summed E-state index contributed by atoms with van der Waals surface area (Å²) in [5, 5.41) is 0. The van der Waals surface area contributed by atoms with Crippen molar-refractivity contribution in [2.45, 2.75) is 20.5 Å². The summed E-state index contributed by atoms with van der Waals surface area (Å²) in [5.41, 5.74) is 0.718. The first-order valence-corrected chi connectivity index (χ1v) is 8.50. The van der Waals surface area contributed by atoms with E-state index in [0.29, 0.717) is 29.1 Å². The van der Waals surface area contributed by atoms with E-state index in [-0.39, 0.29) is 5.56 Å². The number of ether oxygens (including phenoxy) is 2. The Hall–Kier alpha value is -3.03.